The van der Waals surface area contributed by atoms with Gasteiger partial charge in [-0.25, -0.2) is 9.59 Å². The van der Waals surface area contributed by atoms with Crippen molar-refractivity contribution in [1.82, 2.24) is 13.6 Å². The summed E-state index contributed by atoms with van der Waals surface area (Å²) < 4.78 is 8.93. The van der Waals surface area contributed by atoms with Gasteiger partial charge in [-0.15, -0.1) is 11.8 Å². The van der Waals surface area contributed by atoms with E-state index in [-0.39, 0.29) is 0 Å². The van der Waals surface area contributed by atoms with E-state index in [0.29, 0.717) is 0 Å². The third-order valence-electron chi connectivity index (χ3n) is 3.21. The van der Waals surface area contributed by atoms with Crippen LogP contribution in [0.4, 0.5) is 0 Å². The molecule has 2 rings (SSSR count). The normalized spacial score (nSPS) is 14.7. The first-order chi connectivity index (χ1) is 12.0. The van der Waals surface area contributed by atoms with Gasteiger partial charge in [0, 0.05) is 18.8 Å². The first kappa shape index (κ1) is 21.3. The summed E-state index contributed by atoms with van der Waals surface area (Å²) in [6, 6.07) is 0. The van der Waals surface area contributed by atoms with Gasteiger partial charge in [0.05, 0.1) is 11.7 Å². The maximum atomic E-state index is 9.10. The standard InChI is InChI=1S/C14H21N3S2.C2H2O4/c1-3-4-5-6-10-18-14-13(15-19-16-14)12-8-7-9-17(2)11-12;3-1(4)2(5)6/h4-5,8H,3,6-7,9-11H2,1-2H3;(H,3,4)(H,5,6). The van der Waals surface area contributed by atoms with Crippen LogP contribution in [0.15, 0.2) is 23.3 Å². The number of carboxylic acid groups (broad SMARTS) is 2. The van der Waals surface area contributed by atoms with Crippen molar-refractivity contribution in [1.29, 1.82) is 0 Å². The molecular weight excluding hydrogens is 362 g/mol. The predicted octanol–water partition coefficient (Wildman–Crippen LogP) is 2.86. The van der Waals surface area contributed by atoms with Gasteiger partial charge in [0.1, 0.15) is 10.7 Å². The highest BCUT2D eigenvalue weighted by Gasteiger charge is 2.17. The molecule has 0 spiro atoms. The summed E-state index contributed by atoms with van der Waals surface area (Å²) in [6.45, 7) is 4.30. The summed E-state index contributed by atoms with van der Waals surface area (Å²) in [4.78, 5) is 20.5. The molecule has 0 bridgehead atoms. The second-order valence-corrected chi connectivity index (χ2v) is 6.91. The molecule has 25 heavy (non-hydrogen) atoms. The molecular formula is C16H23N3O4S2. The summed E-state index contributed by atoms with van der Waals surface area (Å²) in [5, 5.41) is 15.9. The summed E-state index contributed by atoms with van der Waals surface area (Å²) in [6.07, 6.45) is 10.1. The Balaban J connectivity index is 0.000000450. The average Bonchev–Trinajstić information content (AvgIpc) is 3.03. The number of carbonyl (C=O) groups is 2. The molecule has 0 radical (unpaired) electrons. The molecule has 2 heterocycles. The van der Waals surface area contributed by atoms with E-state index >= 15 is 0 Å². The molecule has 138 valence electrons. The number of likely N-dealkylation sites (N-methyl/N-ethyl adjacent to an activating group) is 1. The van der Waals surface area contributed by atoms with Crippen LogP contribution >= 0.6 is 23.5 Å². The van der Waals surface area contributed by atoms with Crippen molar-refractivity contribution in [2.24, 2.45) is 0 Å². The Labute approximate surface area is 155 Å². The Morgan fingerprint density at radius 2 is 2.04 bits per heavy atom. The number of carboxylic acids is 2. The van der Waals surface area contributed by atoms with Crippen molar-refractivity contribution in [3.8, 4) is 0 Å². The summed E-state index contributed by atoms with van der Waals surface area (Å²) in [7, 11) is 2.16. The Hall–Kier alpha value is -1.71. The zero-order valence-electron chi connectivity index (χ0n) is 14.3. The molecule has 1 aromatic heterocycles. The van der Waals surface area contributed by atoms with Crippen LogP contribution in [0.3, 0.4) is 0 Å². The van der Waals surface area contributed by atoms with Crippen LogP contribution in [0.25, 0.3) is 5.57 Å². The predicted molar refractivity (Wildman–Crippen MR) is 100 cm³/mol. The van der Waals surface area contributed by atoms with E-state index in [1.54, 1.807) is 0 Å². The van der Waals surface area contributed by atoms with Crippen molar-refractivity contribution in [3.63, 3.8) is 0 Å². The fourth-order valence-corrected chi connectivity index (χ4v) is 3.66. The lowest BCUT2D eigenvalue weighted by Gasteiger charge is -2.22. The Morgan fingerprint density at radius 1 is 1.32 bits per heavy atom. The number of rotatable bonds is 6. The van der Waals surface area contributed by atoms with Gasteiger partial charge in [-0.2, -0.15) is 8.75 Å². The van der Waals surface area contributed by atoms with E-state index in [0.717, 1.165) is 48.8 Å². The number of hydrogen-bond donors (Lipinski definition) is 2. The first-order valence-corrected chi connectivity index (χ1v) is 9.61. The van der Waals surface area contributed by atoms with Gasteiger partial charge in [-0.3, -0.25) is 0 Å². The van der Waals surface area contributed by atoms with E-state index < -0.39 is 11.9 Å². The lowest BCUT2D eigenvalue weighted by Crippen LogP contribution is -2.25. The van der Waals surface area contributed by atoms with Gasteiger partial charge in [0.15, 0.2) is 0 Å². The van der Waals surface area contributed by atoms with Crippen LogP contribution in [0.5, 0.6) is 0 Å². The Bertz CT molecular complexity index is 617. The molecule has 1 aliphatic rings. The Morgan fingerprint density at radius 3 is 2.64 bits per heavy atom. The number of thioether (sulfide) groups is 1. The minimum atomic E-state index is -1.82. The van der Waals surface area contributed by atoms with Crippen LogP contribution in [-0.2, 0) is 9.59 Å². The van der Waals surface area contributed by atoms with Crippen molar-refractivity contribution in [2.75, 3.05) is 25.9 Å². The molecule has 0 saturated heterocycles. The average molecular weight is 386 g/mol. The smallest absolute Gasteiger partial charge is 0.414 e. The zero-order valence-corrected chi connectivity index (χ0v) is 16.0. The van der Waals surface area contributed by atoms with Crippen LogP contribution in [-0.4, -0.2) is 61.7 Å². The summed E-state index contributed by atoms with van der Waals surface area (Å²) >= 11 is 3.16. The molecule has 0 amide bonds. The van der Waals surface area contributed by atoms with Gasteiger partial charge < -0.3 is 15.1 Å². The number of hydrogen-bond acceptors (Lipinski definition) is 7. The SMILES string of the molecule is CCC=CCCSc1nsnc1C1=CCCN(C)C1.O=C(O)C(=O)O. The van der Waals surface area contributed by atoms with E-state index in [1.165, 1.54) is 17.3 Å². The Kier molecular flexibility index (Phi) is 10.0. The van der Waals surface area contributed by atoms with Crippen molar-refractivity contribution in [3.05, 3.63) is 23.9 Å². The minimum Gasteiger partial charge on any atom is -0.473 e. The molecule has 0 saturated carbocycles. The molecule has 0 aliphatic carbocycles. The van der Waals surface area contributed by atoms with Gasteiger partial charge in [-0.05, 0) is 31.9 Å². The van der Waals surface area contributed by atoms with Crippen LogP contribution in [0.1, 0.15) is 31.9 Å². The largest absolute Gasteiger partial charge is 0.473 e. The molecule has 0 atom stereocenters. The van der Waals surface area contributed by atoms with Crippen molar-refractivity contribution < 1.29 is 19.8 Å². The third kappa shape index (κ3) is 8.28. The summed E-state index contributed by atoms with van der Waals surface area (Å²) in [5.74, 6) is -2.57. The number of aromatic nitrogens is 2. The maximum Gasteiger partial charge on any atom is 0.414 e. The fraction of sp³-hybridized carbons (Fsp3) is 0.500. The molecule has 0 fully saturated rings. The van der Waals surface area contributed by atoms with E-state index in [4.69, 9.17) is 19.8 Å². The van der Waals surface area contributed by atoms with Gasteiger partial charge in [-0.1, -0.05) is 25.2 Å². The molecule has 7 nitrogen and oxygen atoms in total. The second kappa shape index (κ2) is 11.8. The lowest BCUT2D eigenvalue weighted by atomic mass is 10.1. The minimum absolute atomic E-state index is 0.995. The summed E-state index contributed by atoms with van der Waals surface area (Å²) in [5.41, 5.74) is 2.45. The van der Waals surface area contributed by atoms with Gasteiger partial charge in [0.2, 0.25) is 0 Å². The van der Waals surface area contributed by atoms with Gasteiger partial charge in [0.25, 0.3) is 0 Å². The van der Waals surface area contributed by atoms with Crippen molar-refractivity contribution in [2.45, 2.75) is 31.2 Å². The van der Waals surface area contributed by atoms with Crippen molar-refractivity contribution >= 4 is 41.0 Å². The van der Waals surface area contributed by atoms with Crippen LogP contribution in [0.2, 0.25) is 0 Å². The zero-order chi connectivity index (χ0) is 18.7. The second-order valence-electron chi connectivity index (χ2n) is 5.30. The lowest BCUT2D eigenvalue weighted by molar-refractivity contribution is -0.159. The van der Waals surface area contributed by atoms with E-state index in [2.05, 4.69) is 45.8 Å². The van der Waals surface area contributed by atoms with E-state index in [1.807, 2.05) is 11.8 Å². The quantitative estimate of drug-likeness (QED) is 0.333. The molecule has 0 aromatic carbocycles. The van der Waals surface area contributed by atoms with E-state index in [9.17, 15) is 0 Å². The number of nitrogens with zero attached hydrogens (tertiary/aromatic N) is 3. The molecule has 2 N–H and O–H groups in total. The first-order valence-electron chi connectivity index (χ1n) is 7.90. The van der Waals surface area contributed by atoms with Crippen LogP contribution in [0, 0.1) is 0 Å². The number of allylic oxidation sites excluding steroid dienone is 2. The van der Waals surface area contributed by atoms with Crippen LogP contribution < -0.4 is 0 Å². The monoisotopic (exact) mass is 385 g/mol. The maximum absolute atomic E-state index is 9.10. The molecule has 1 aliphatic heterocycles. The molecule has 9 heteroatoms. The molecule has 1 aromatic rings. The topological polar surface area (TPSA) is 104 Å². The highest BCUT2D eigenvalue weighted by molar-refractivity contribution is 7.99. The highest BCUT2D eigenvalue weighted by Crippen LogP contribution is 2.29. The number of aliphatic carboxylic acids is 2. The fourth-order valence-electron chi connectivity index (χ4n) is 2.04. The highest BCUT2D eigenvalue weighted by atomic mass is 32.2. The molecule has 0 unspecified atom stereocenters. The van der Waals surface area contributed by atoms with Gasteiger partial charge >= 0.3 is 11.9 Å². The third-order valence-corrected chi connectivity index (χ3v) is 4.85.